The summed E-state index contributed by atoms with van der Waals surface area (Å²) in [6, 6.07) is 11.7. The molecule has 0 N–H and O–H groups in total. The number of aryl methyl sites for hydroxylation is 2. The molecular formula is C23H32N+. The van der Waals surface area contributed by atoms with E-state index in [0.29, 0.717) is 5.92 Å². The quantitative estimate of drug-likeness (QED) is 0.647. The molecule has 0 amide bonds. The van der Waals surface area contributed by atoms with E-state index in [-0.39, 0.29) is 0 Å². The van der Waals surface area contributed by atoms with Crippen molar-refractivity contribution in [3.05, 3.63) is 53.2 Å². The fourth-order valence-corrected chi connectivity index (χ4v) is 4.10. The minimum absolute atomic E-state index is 0.697. The average molecular weight is 323 g/mol. The van der Waals surface area contributed by atoms with Crippen molar-refractivity contribution in [2.24, 2.45) is 18.9 Å². The van der Waals surface area contributed by atoms with E-state index in [4.69, 9.17) is 0 Å². The van der Waals surface area contributed by atoms with E-state index in [0.717, 1.165) is 12.3 Å². The normalized spacial score (nSPS) is 15.4. The lowest BCUT2D eigenvalue weighted by Crippen LogP contribution is -2.31. The molecule has 1 saturated carbocycles. The molecule has 1 fully saturated rings. The van der Waals surface area contributed by atoms with Gasteiger partial charge in [0.05, 0.1) is 0 Å². The summed E-state index contributed by atoms with van der Waals surface area (Å²) in [5.74, 6) is 1.60. The van der Waals surface area contributed by atoms with Crippen molar-refractivity contribution >= 4 is 0 Å². The Morgan fingerprint density at radius 3 is 2.50 bits per heavy atom. The van der Waals surface area contributed by atoms with E-state index in [1.165, 1.54) is 60.1 Å². The van der Waals surface area contributed by atoms with Crippen LogP contribution in [0.15, 0.2) is 36.5 Å². The van der Waals surface area contributed by atoms with Gasteiger partial charge in [0.25, 0.3) is 0 Å². The Morgan fingerprint density at radius 2 is 1.79 bits per heavy atom. The third-order valence-corrected chi connectivity index (χ3v) is 5.44. The number of nitrogens with zero attached hydrogens (tertiary/aromatic N) is 1. The predicted molar refractivity (Wildman–Crippen MR) is 102 cm³/mol. The second-order valence-electron chi connectivity index (χ2n) is 8.13. The van der Waals surface area contributed by atoms with Crippen molar-refractivity contribution in [2.75, 3.05) is 0 Å². The number of pyridine rings is 1. The maximum Gasteiger partial charge on any atom is 0.212 e. The zero-order valence-corrected chi connectivity index (χ0v) is 15.8. The second-order valence-corrected chi connectivity index (χ2v) is 8.13. The van der Waals surface area contributed by atoms with E-state index in [1.807, 2.05) is 0 Å². The summed E-state index contributed by atoms with van der Waals surface area (Å²) in [7, 11) is 2.17. The first-order chi connectivity index (χ1) is 11.5. The highest BCUT2D eigenvalue weighted by Crippen LogP contribution is 2.29. The molecule has 0 unspecified atom stereocenters. The van der Waals surface area contributed by atoms with Crippen molar-refractivity contribution in [3.63, 3.8) is 0 Å². The van der Waals surface area contributed by atoms with E-state index in [9.17, 15) is 0 Å². The van der Waals surface area contributed by atoms with E-state index in [1.54, 1.807) is 0 Å². The van der Waals surface area contributed by atoms with Crippen LogP contribution in [0.2, 0.25) is 0 Å². The van der Waals surface area contributed by atoms with Crippen LogP contribution in [0.4, 0.5) is 0 Å². The highest BCUT2D eigenvalue weighted by atomic mass is 14.9. The topological polar surface area (TPSA) is 3.88 Å². The van der Waals surface area contributed by atoms with Gasteiger partial charge in [-0.3, -0.25) is 0 Å². The lowest BCUT2D eigenvalue weighted by Gasteiger charge is -2.12. The summed E-state index contributed by atoms with van der Waals surface area (Å²) in [5.41, 5.74) is 7.07. The summed E-state index contributed by atoms with van der Waals surface area (Å²) >= 11 is 0. The fourth-order valence-electron chi connectivity index (χ4n) is 4.10. The smallest absolute Gasteiger partial charge is 0.201 e. The maximum absolute atomic E-state index is 2.43. The Kier molecular flexibility index (Phi) is 5.38. The summed E-state index contributed by atoms with van der Waals surface area (Å²) in [5, 5.41) is 0. The predicted octanol–water partition coefficient (Wildman–Crippen LogP) is 5.42. The molecule has 0 aliphatic heterocycles. The minimum atomic E-state index is 0.697. The molecule has 128 valence electrons. The molecule has 0 bridgehead atoms. The molecule has 0 atom stereocenters. The van der Waals surface area contributed by atoms with Gasteiger partial charge in [-0.15, -0.1) is 0 Å². The third kappa shape index (κ3) is 4.06. The summed E-state index contributed by atoms with van der Waals surface area (Å²) < 4.78 is 2.28. The molecule has 2 aromatic rings. The van der Waals surface area contributed by atoms with Gasteiger partial charge >= 0.3 is 0 Å². The zero-order valence-electron chi connectivity index (χ0n) is 15.8. The number of benzene rings is 1. The number of rotatable bonds is 5. The van der Waals surface area contributed by atoms with Gasteiger partial charge in [0, 0.05) is 17.7 Å². The lowest BCUT2D eigenvalue weighted by molar-refractivity contribution is -0.660. The molecular weight excluding hydrogens is 290 g/mol. The fraction of sp³-hybridized carbons (Fsp3) is 0.522. The van der Waals surface area contributed by atoms with Crippen LogP contribution >= 0.6 is 0 Å². The van der Waals surface area contributed by atoms with Crippen molar-refractivity contribution < 1.29 is 4.57 Å². The Morgan fingerprint density at radius 1 is 1.04 bits per heavy atom. The molecule has 24 heavy (non-hydrogen) atoms. The monoisotopic (exact) mass is 322 g/mol. The first-order valence-corrected chi connectivity index (χ1v) is 9.61. The molecule has 0 radical (unpaired) electrons. The van der Waals surface area contributed by atoms with Crippen LogP contribution < -0.4 is 4.57 Å². The van der Waals surface area contributed by atoms with Crippen molar-refractivity contribution in [1.29, 1.82) is 0 Å². The zero-order chi connectivity index (χ0) is 17.1. The molecule has 0 spiro atoms. The van der Waals surface area contributed by atoms with Gasteiger partial charge < -0.3 is 0 Å². The lowest BCUT2D eigenvalue weighted by atomic mass is 9.94. The van der Waals surface area contributed by atoms with Crippen molar-refractivity contribution in [1.82, 2.24) is 0 Å². The maximum atomic E-state index is 2.43. The standard InChI is InChI=1S/C23H32N/c1-17(2)13-20-10-9-18(3)22(15-20)23-16-21(11-12-24(23)4)14-19-7-5-6-8-19/h9-12,15-17,19H,5-8,13-14H2,1-4H3/q+1. The van der Waals surface area contributed by atoms with Gasteiger partial charge in [-0.1, -0.05) is 51.7 Å². The number of aromatic nitrogens is 1. The van der Waals surface area contributed by atoms with Gasteiger partial charge in [-0.25, -0.2) is 4.57 Å². The van der Waals surface area contributed by atoms with E-state index < -0.39 is 0 Å². The number of hydrogen-bond donors (Lipinski definition) is 0. The largest absolute Gasteiger partial charge is 0.212 e. The molecule has 1 aliphatic carbocycles. The van der Waals surface area contributed by atoms with Crippen LogP contribution in [0.3, 0.4) is 0 Å². The highest BCUT2D eigenvalue weighted by Gasteiger charge is 2.19. The van der Waals surface area contributed by atoms with Crippen LogP contribution in [0.1, 0.15) is 56.2 Å². The van der Waals surface area contributed by atoms with Crippen LogP contribution in [0.25, 0.3) is 11.3 Å². The van der Waals surface area contributed by atoms with Crippen LogP contribution in [-0.4, -0.2) is 0 Å². The summed E-state index contributed by atoms with van der Waals surface area (Å²) in [4.78, 5) is 0. The van der Waals surface area contributed by atoms with Gasteiger partial charge in [-0.05, 0) is 54.4 Å². The third-order valence-electron chi connectivity index (χ3n) is 5.44. The first kappa shape index (κ1) is 17.2. The molecule has 1 heteroatoms. The highest BCUT2D eigenvalue weighted by molar-refractivity contribution is 5.62. The molecule has 1 aliphatic rings. The van der Waals surface area contributed by atoms with Gasteiger partial charge in [0.15, 0.2) is 6.20 Å². The molecule has 0 saturated heterocycles. The van der Waals surface area contributed by atoms with Crippen molar-refractivity contribution in [3.8, 4) is 11.3 Å². The molecule has 1 aromatic heterocycles. The molecule has 1 nitrogen and oxygen atoms in total. The number of hydrogen-bond acceptors (Lipinski definition) is 0. The SMILES string of the molecule is Cc1ccc(CC(C)C)cc1-c1cc(CC2CCCC2)cc[n+]1C. The molecule has 1 aromatic carbocycles. The molecule has 1 heterocycles. The Hall–Kier alpha value is -1.63. The Labute approximate surface area is 147 Å². The second kappa shape index (κ2) is 7.51. The summed E-state index contributed by atoms with van der Waals surface area (Å²) in [6.07, 6.45) is 10.3. The minimum Gasteiger partial charge on any atom is -0.201 e. The van der Waals surface area contributed by atoms with Crippen molar-refractivity contribution in [2.45, 2.75) is 59.3 Å². The van der Waals surface area contributed by atoms with E-state index >= 15 is 0 Å². The van der Waals surface area contributed by atoms with Crippen LogP contribution in [-0.2, 0) is 19.9 Å². The Balaban J connectivity index is 1.92. The van der Waals surface area contributed by atoms with Crippen LogP contribution in [0.5, 0.6) is 0 Å². The average Bonchev–Trinajstić information content (AvgIpc) is 3.04. The van der Waals surface area contributed by atoms with Crippen LogP contribution in [0, 0.1) is 18.8 Å². The Bertz CT molecular complexity index is 693. The van der Waals surface area contributed by atoms with Gasteiger partial charge in [0.2, 0.25) is 5.69 Å². The first-order valence-electron chi connectivity index (χ1n) is 9.61. The van der Waals surface area contributed by atoms with Gasteiger partial charge in [0.1, 0.15) is 7.05 Å². The van der Waals surface area contributed by atoms with Gasteiger partial charge in [-0.2, -0.15) is 0 Å². The van der Waals surface area contributed by atoms with E-state index in [2.05, 4.69) is 68.9 Å². The molecule has 3 rings (SSSR count). The summed E-state index contributed by atoms with van der Waals surface area (Å²) in [6.45, 7) is 6.82.